The first-order chi connectivity index (χ1) is 19.6. The molecule has 2 aliphatic heterocycles. The normalized spacial score (nSPS) is 15.8. The van der Waals surface area contributed by atoms with E-state index in [9.17, 15) is 9.18 Å². The molecule has 0 bridgehead atoms. The summed E-state index contributed by atoms with van der Waals surface area (Å²) >= 11 is 0. The van der Waals surface area contributed by atoms with E-state index in [0.717, 1.165) is 57.4 Å². The molecule has 0 unspecified atom stereocenters. The molecule has 5 rings (SSSR count). The van der Waals surface area contributed by atoms with E-state index in [1.54, 1.807) is 24.4 Å². The lowest BCUT2D eigenvalue weighted by molar-refractivity contribution is 0.0728. The topological polar surface area (TPSA) is 105 Å². The molecular weight excluding hydrogens is 513 g/mol. The molecule has 1 N–H and O–H groups in total. The first kappa shape index (κ1) is 27.3. The number of aromatic nitrogens is 3. The Morgan fingerprint density at radius 3 is 2.12 bits per heavy atom. The Morgan fingerprint density at radius 1 is 0.900 bits per heavy atom. The molecule has 11 heteroatoms. The van der Waals surface area contributed by atoms with Gasteiger partial charge < -0.3 is 19.3 Å². The van der Waals surface area contributed by atoms with Crippen molar-refractivity contribution >= 4 is 30.0 Å². The number of carbonyl (C=O) groups is 1. The molecule has 0 amide bonds. The number of rotatable bonds is 9. The minimum absolute atomic E-state index is 0.240. The molecule has 3 heterocycles. The molecule has 0 radical (unpaired) electrons. The Balaban J connectivity index is 1.31. The highest BCUT2D eigenvalue weighted by molar-refractivity contribution is 5.91. The number of halogens is 1. The van der Waals surface area contributed by atoms with Gasteiger partial charge in [-0.2, -0.15) is 20.1 Å². The quantitative estimate of drug-likeness (QED) is 0.170. The first-order valence-corrected chi connectivity index (χ1v) is 13.9. The molecular formula is C29H34FN7O3. The zero-order valence-corrected chi connectivity index (χ0v) is 22.7. The van der Waals surface area contributed by atoms with Crippen LogP contribution in [0, 0.1) is 5.82 Å². The second kappa shape index (κ2) is 13.2. The smallest absolute Gasteiger partial charge is 0.343 e. The average Bonchev–Trinajstić information content (AvgIpc) is 2.99. The van der Waals surface area contributed by atoms with Crippen LogP contribution in [0.3, 0.4) is 0 Å². The highest BCUT2D eigenvalue weighted by Gasteiger charge is 2.20. The van der Waals surface area contributed by atoms with Crippen LogP contribution in [0.5, 0.6) is 11.5 Å². The summed E-state index contributed by atoms with van der Waals surface area (Å²) in [6.07, 6.45) is 8.59. The number of carbonyl (C=O) groups excluding carboxylic acids is 1. The van der Waals surface area contributed by atoms with Gasteiger partial charge in [-0.3, -0.25) is 0 Å². The van der Waals surface area contributed by atoms with Gasteiger partial charge in [-0.15, -0.1) is 0 Å². The van der Waals surface area contributed by atoms with Crippen molar-refractivity contribution < 1.29 is 18.7 Å². The number of anilines is 3. The molecule has 2 saturated heterocycles. The van der Waals surface area contributed by atoms with Crippen molar-refractivity contribution in [1.82, 2.24) is 15.0 Å². The van der Waals surface area contributed by atoms with Gasteiger partial charge in [0.2, 0.25) is 17.8 Å². The van der Waals surface area contributed by atoms with Gasteiger partial charge in [-0.05, 0) is 93.5 Å². The van der Waals surface area contributed by atoms with Crippen LogP contribution in [0.15, 0.2) is 47.6 Å². The fourth-order valence-electron chi connectivity index (χ4n) is 4.74. The highest BCUT2D eigenvalue weighted by atomic mass is 19.1. The minimum Gasteiger partial charge on any atom is -0.490 e. The summed E-state index contributed by atoms with van der Waals surface area (Å²) in [6, 6.07) is 10.3. The number of benzene rings is 2. The van der Waals surface area contributed by atoms with E-state index in [1.165, 1.54) is 37.1 Å². The molecule has 210 valence electrons. The van der Waals surface area contributed by atoms with Gasteiger partial charge >= 0.3 is 5.97 Å². The summed E-state index contributed by atoms with van der Waals surface area (Å²) in [4.78, 5) is 31.1. The van der Waals surface area contributed by atoms with E-state index in [-0.39, 0.29) is 11.3 Å². The first-order valence-electron chi connectivity index (χ1n) is 13.9. The molecule has 0 aliphatic carbocycles. The molecule has 40 heavy (non-hydrogen) atoms. The minimum atomic E-state index is -0.604. The lowest BCUT2D eigenvalue weighted by Crippen LogP contribution is -2.34. The van der Waals surface area contributed by atoms with Gasteiger partial charge in [0, 0.05) is 26.2 Å². The fourth-order valence-corrected chi connectivity index (χ4v) is 4.74. The second-order valence-electron chi connectivity index (χ2n) is 9.76. The van der Waals surface area contributed by atoms with Gasteiger partial charge in [-0.1, -0.05) is 0 Å². The largest absolute Gasteiger partial charge is 0.490 e. The van der Waals surface area contributed by atoms with Crippen LogP contribution in [-0.2, 0) is 0 Å². The van der Waals surface area contributed by atoms with Crippen LogP contribution in [0.1, 0.15) is 61.4 Å². The fraction of sp³-hybridized carbons (Fsp3) is 0.414. The molecule has 10 nitrogen and oxygen atoms in total. The zero-order valence-electron chi connectivity index (χ0n) is 22.7. The van der Waals surface area contributed by atoms with Crippen LogP contribution in [0.25, 0.3) is 0 Å². The van der Waals surface area contributed by atoms with E-state index >= 15 is 0 Å². The Kier molecular flexibility index (Phi) is 9.00. The monoisotopic (exact) mass is 547 g/mol. The molecule has 2 aliphatic rings. The van der Waals surface area contributed by atoms with E-state index in [2.05, 4.69) is 30.3 Å². The lowest BCUT2D eigenvalue weighted by Gasteiger charge is -2.30. The van der Waals surface area contributed by atoms with Crippen LogP contribution >= 0.6 is 0 Å². The van der Waals surface area contributed by atoms with Crippen LogP contribution in [-0.4, -0.2) is 59.9 Å². The maximum absolute atomic E-state index is 13.2. The summed E-state index contributed by atoms with van der Waals surface area (Å²) < 4.78 is 24.4. The number of hydrogen-bond donors (Lipinski definition) is 1. The van der Waals surface area contributed by atoms with Gasteiger partial charge in [-0.25, -0.2) is 14.6 Å². The van der Waals surface area contributed by atoms with Crippen LogP contribution in [0.2, 0.25) is 0 Å². The van der Waals surface area contributed by atoms with Crippen molar-refractivity contribution in [3.8, 4) is 11.5 Å². The maximum Gasteiger partial charge on any atom is 0.343 e. The predicted octanol–water partition coefficient (Wildman–Crippen LogP) is 5.06. The average molecular weight is 548 g/mol. The summed E-state index contributed by atoms with van der Waals surface area (Å²) in [5, 5.41) is 4.37. The molecule has 3 aromatic rings. The standard InChI is InChI=1S/C29H34FN7O3/c1-2-39-25-19-21(9-14-24(25)40-26(38)22-10-12-23(30)13-11-22)20-31-35-27-32-28(36-15-5-3-6-16-36)34-29(33-27)37-17-7-4-8-18-37/h9-14,19-20H,2-8,15-18H2,1H3,(H,32,33,34,35)/b31-20+. The second-order valence-corrected chi connectivity index (χ2v) is 9.76. The van der Waals surface area contributed by atoms with Crippen molar-refractivity contribution in [3.05, 3.63) is 59.4 Å². The molecule has 2 fully saturated rings. The molecule has 0 atom stereocenters. The zero-order chi connectivity index (χ0) is 27.7. The number of nitrogens with one attached hydrogen (secondary N) is 1. The van der Waals surface area contributed by atoms with Gasteiger partial charge in [0.05, 0.1) is 18.4 Å². The Labute approximate surface area is 233 Å². The number of hydrazone groups is 1. The van der Waals surface area contributed by atoms with Crippen molar-refractivity contribution in [3.63, 3.8) is 0 Å². The SMILES string of the molecule is CCOc1cc(/C=N/Nc2nc(N3CCCCC3)nc(N3CCCCC3)n2)ccc1OC(=O)c1ccc(F)cc1. The summed E-state index contributed by atoms with van der Waals surface area (Å²) in [5.41, 5.74) is 3.93. The van der Waals surface area contributed by atoms with Crippen LogP contribution < -0.4 is 24.7 Å². The molecule has 0 spiro atoms. The lowest BCUT2D eigenvalue weighted by atomic mass is 10.1. The highest BCUT2D eigenvalue weighted by Crippen LogP contribution is 2.29. The van der Waals surface area contributed by atoms with Gasteiger partial charge in [0.1, 0.15) is 5.82 Å². The van der Waals surface area contributed by atoms with E-state index < -0.39 is 11.8 Å². The van der Waals surface area contributed by atoms with Crippen molar-refractivity contribution in [2.45, 2.75) is 45.4 Å². The van der Waals surface area contributed by atoms with Crippen molar-refractivity contribution in [1.29, 1.82) is 0 Å². The predicted molar refractivity (Wildman–Crippen MR) is 152 cm³/mol. The third-order valence-electron chi connectivity index (χ3n) is 6.82. The number of hydrogen-bond acceptors (Lipinski definition) is 10. The van der Waals surface area contributed by atoms with Crippen molar-refractivity contribution in [2.75, 3.05) is 48.0 Å². The van der Waals surface area contributed by atoms with E-state index in [0.29, 0.717) is 30.2 Å². The molecule has 1 aromatic heterocycles. The Hall–Kier alpha value is -4.28. The van der Waals surface area contributed by atoms with E-state index in [4.69, 9.17) is 14.5 Å². The molecule has 2 aromatic carbocycles. The summed E-state index contributed by atoms with van der Waals surface area (Å²) in [6.45, 7) is 5.96. The third kappa shape index (κ3) is 7.02. The summed E-state index contributed by atoms with van der Waals surface area (Å²) in [7, 11) is 0. The third-order valence-corrected chi connectivity index (χ3v) is 6.82. The number of piperidine rings is 2. The molecule has 0 saturated carbocycles. The Morgan fingerprint density at radius 2 is 1.52 bits per heavy atom. The maximum atomic E-state index is 13.2. The number of nitrogens with zero attached hydrogens (tertiary/aromatic N) is 6. The van der Waals surface area contributed by atoms with E-state index in [1.807, 2.05) is 6.92 Å². The van der Waals surface area contributed by atoms with Gasteiger partial charge in [0.15, 0.2) is 11.5 Å². The van der Waals surface area contributed by atoms with Crippen LogP contribution in [0.4, 0.5) is 22.2 Å². The number of esters is 1. The van der Waals surface area contributed by atoms with Gasteiger partial charge in [0.25, 0.3) is 0 Å². The Bertz CT molecular complexity index is 1290. The van der Waals surface area contributed by atoms with Crippen molar-refractivity contribution in [2.24, 2.45) is 5.10 Å². The number of ether oxygens (including phenoxy) is 2. The summed E-state index contributed by atoms with van der Waals surface area (Å²) in [5.74, 6) is 1.37.